The molecule has 5 nitrogen and oxygen atoms in total. The van der Waals surface area contributed by atoms with Crippen LogP contribution in [0.2, 0.25) is 0 Å². The Balaban J connectivity index is 2.13. The lowest BCUT2D eigenvalue weighted by molar-refractivity contribution is 0.0946. The van der Waals surface area contributed by atoms with Crippen molar-refractivity contribution >= 4 is 21.8 Å². The Bertz CT molecular complexity index is 488. The van der Waals surface area contributed by atoms with Gasteiger partial charge in [-0.25, -0.2) is 0 Å². The third kappa shape index (κ3) is 3.43. The Morgan fingerprint density at radius 2 is 2.25 bits per heavy atom. The van der Waals surface area contributed by atoms with Crippen LogP contribution in [0.3, 0.4) is 0 Å². The van der Waals surface area contributed by atoms with Crippen molar-refractivity contribution in [1.82, 2.24) is 10.6 Å². The van der Waals surface area contributed by atoms with E-state index in [0.717, 1.165) is 23.9 Å². The highest BCUT2D eigenvalue weighted by Crippen LogP contribution is 2.34. The number of amides is 1. The van der Waals surface area contributed by atoms with Crippen LogP contribution in [0.5, 0.6) is 11.5 Å². The summed E-state index contributed by atoms with van der Waals surface area (Å²) in [6, 6.07) is 3.87. The van der Waals surface area contributed by atoms with Crippen molar-refractivity contribution in [2.75, 3.05) is 27.3 Å². The molecule has 0 radical (unpaired) electrons. The minimum Gasteiger partial charge on any atom is -0.493 e. The summed E-state index contributed by atoms with van der Waals surface area (Å²) in [6.07, 6.45) is 2.26. The second-order valence-corrected chi connectivity index (χ2v) is 5.61. The van der Waals surface area contributed by atoms with E-state index in [1.165, 1.54) is 7.11 Å². The molecule has 0 bridgehead atoms. The second kappa shape index (κ2) is 6.95. The molecule has 110 valence electrons. The molecule has 0 unspecified atom stereocenters. The maximum absolute atomic E-state index is 12.3. The number of hydrogen-bond donors (Lipinski definition) is 2. The van der Waals surface area contributed by atoms with Gasteiger partial charge in [-0.3, -0.25) is 4.79 Å². The third-order valence-corrected chi connectivity index (χ3v) is 3.82. The van der Waals surface area contributed by atoms with E-state index in [-0.39, 0.29) is 5.91 Å². The Labute approximate surface area is 127 Å². The molecular formula is C14H19BrN2O3. The number of hydrogen-bond acceptors (Lipinski definition) is 4. The number of nitrogens with one attached hydrogen (secondary N) is 2. The van der Waals surface area contributed by atoms with Gasteiger partial charge in [-0.1, -0.05) is 15.9 Å². The van der Waals surface area contributed by atoms with Crippen molar-refractivity contribution in [3.63, 3.8) is 0 Å². The maximum atomic E-state index is 12.3. The standard InChI is InChI=1S/C14H19BrN2O3/c1-19-12-7-9(15)6-11(13(12)20-2)14(18)17-8-10-4-3-5-16-10/h6-7,10,16H,3-5,8H2,1-2H3,(H,17,18)/t10-/m0/s1. The van der Waals surface area contributed by atoms with E-state index < -0.39 is 0 Å². The van der Waals surface area contributed by atoms with E-state index in [1.807, 2.05) is 0 Å². The lowest BCUT2D eigenvalue weighted by Gasteiger charge is -2.15. The molecule has 20 heavy (non-hydrogen) atoms. The van der Waals surface area contributed by atoms with Crippen molar-refractivity contribution < 1.29 is 14.3 Å². The molecule has 1 saturated heterocycles. The van der Waals surface area contributed by atoms with Gasteiger partial charge >= 0.3 is 0 Å². The second-order valence-electron chi connectivity index (χ2n) is 4.69. The molecule has 1 aliphatic rings. The van der Waals surface area contributed by atoms with Crippen LogP contribution in [0.4, 0.5) is 0 Å². The van der Waals surface area contributed by atoms with Gasteiger partial charge < -0.3 is 20.1 Å². The van der Waals surface area contributed by atoms with Gasteiger partial charge in [0.25, 0.3) is 5.91 Å². The monoisotopic (exact) mass is 342 g/mol. The van der Waals surface area contributed by atoms with Crippen molar-refractivity contribution in [2.24, 2.45) is 0 Å². The Morgan fingerprint density at radius 3 is 2.85 bits per heavy atom. The van der Waals surface area contributed by atoms with E-state index in [2.05, 4.69) is 26.6 Å². The van der Waals surface area contributed by atoms with Gasteiger partial charge in [0.05, 0.1) is 19.8 Å². The van der Waals surface area contributed by atoms with E-state index in [0.29, 0.717) is 29.6 Å². The number of halogens is 1. The summed E-state index contributed by atoms with van der Waals surface area (Å²) in [4.78, 5) is 12.3. The van der Waals surface area contributed by atoms with Gasteiger partial charge in [0, 0.05) is 17.1 Å². The molecule has 1 aromatic carbocycles. The molecule has 0 aliphatic carbocycles. The molecule has 1 amide bonds. The first-order chi connectivity index (χ1) is 9.65. The SMILES string of the molecule is COc1cc(Br)cc(C(=O)NC[C@@H]2CCCN2)c1OC. The number of rotatable bonds is 5. The Hall–Kier alpha value is -1.27. The zero-order valence-electron chi connectivity index (χ0n) is 11.7. The molecule has 1 fully saturated rings. The highest BCUT2D eigenvalue weighted by molar-refractivity contribution is 9.10. The molecule has 6 heteroatoms. The quantitative estimate of drug-likeness (QED) is 0.858. The smallest absolute Gasteiger partial charge is 0.255 e. The minimum atomic E-state index is -0.157. The largest absolute Gasteiger partial charge is 0.493 e. The Kier molecular flexibility index (Phi) is 5.25. The van der Waals surface area contributed by atoms with Gasteiger partial charge in [0.15, 0.2) is 11.5 Å². The van der Waals surface area contributed by atoms with E-state index in [1.54, 1.807) is 19.2 Å². The normalized spacial score (nSPS) is 17.9. The first-order valence-electron chi connectivity index (χ1n) is 6.58. The van der Waals surface area contributed by atoms with Gasteiger partial charge in [-0.2, -0.15) is 0 Å². The summed E-state index contributed by atoms with van der Waals surface area (Å²) in [7, 11) is 3.08. The average Bonchev–Trinajstić information content (AvgIpc) is 2.96. The number of ether oxygens (including phenoxy) is 2. The lowest BCUT2D eigenvalue weighted by atomic mass is 10.1. The Morgan fingerprint density at radius 1 is 1.45 bits per heavy atom. The fraction of sp³-hybridized carbons (Fsp3) is 0.500. The first kappa shape index (κ1) is 15.1. The van der Waals surface area contributed by atoms with Crippen LogP contribution in [0, 0.1) is 0 Å². The van der Waals surface area contributed by atoms with E-state index in [9.17, 15) is 4.79 Å². The van der Waals surface area contributed by atoms with E-state index in [4.69, 9.17) is 9.47 Å². The molecule has 1 heterocycles. The summed E-state index contributed by atoms with van der Waals surface area (Å²) in [5, 5.41) is 6.28. The predicted octanol–water partition coefficient (Wildman–Crippen LogP) is 1.95. The zero-order valence-corrected chi connectivity index (χ0v) is 13.2. The molecule has 1 aliphatic heterocycles. The maximum Gasteiger partial charge on any atom is 0.255 e. The molecule has 1 aromatic rings. The molecule has 0 spiro atoms. The van der Waals surface area contributed by atoms with Gasteiger partial charge in [0.1, 0.15) is 0 Å². The van der Waals surface area contributed by atoms with Crippen molar-refractivity contribution in [1.29, 1.82) is 0 Å². The average molecular weight is 343 g/mol. The molecule has 0 saturated carbocycles. The van der Waals surface area contributed by atoms with Gasteiger partial charge in [0.2, 0.25) is 0 Å². The van der Waals surface area contributed by atoms with Gasteiger partial charge in [-0.15, -0.1) is 0 Å². The van der Waals surface area contributed by atoms with Crippen LogP contribution in [-0.4, -0.2) is 39.3 Å². The van der Waals surface area contributed by atoms with Crippen LogP contribution < -0.4 is 20.1 Å². The van der Waals surface area contributed by atoms with Crippen LogP contribution in [0.25, 0.3) is 0 Å². The molecule has 2 N–H and O–H groups in total. The van der Waals surface area contributed by atoms with E-state index >= 15 is 0 Å². The molecule has 1 atom stereocenters. The lowest BCUT2D eigenvalue weighted by Crippen LogP contribution is -2.37. The van der Waals surface area contributed by atoms with Crippen molar-refractivity contribution in [3.8, 4) is 11.5 Å². The molecule has 0 aromatic heterocycles. The molecule has 2 rings (SSSR count). The number of carbonyl (C=O) groups excluding carboxylic acids is 1. The fourth-order valence-electron chi connectivity index (χ4n) is 2.34. The topological polar surface area (TPSA) is 59.6 Å². The third-order valence-electron chi connectivity index (χ3n) is 3.36. The van der Waals surface area contributed by atoms with Crippen LogP contribution in [0.1, 0.15) is 23.2 Å². The van der Waals surface area contributed by atoms with Crippen LogP contribution in [-0.2, 0) is 0 Å². The molecular weight excluding hydrogens is 324 g/mol. The first-order valence-corrected chi connectivity index (χ1v) is 7.38. The summed E-state index contributed by atoms with van der Waals surface area (Å²) < 4.78 is 11.3. The summed E-state index contributed by atoms with van der Waals surface area (Å²) in [5.74, 6) is 0.828. The van der Waals surface area contributed by atoms with Crippen molar-refractivity contribution in [2.45, 2.75) is 18.9 Å². The summed E-state index contributed by atoms with van der Waals surface area (Å²) in [5.41, 5.74) is 0.469. The van der Waals surface area contributed by atoms with Crippen LogP contribution >= 0.6 is 15.9 Å². The number of carbonyl (C=O) groups is 1. The van der Waals surface area contributed by atoms with Gasteiger partial charge in [-0.05, 0) is 31.5 Å². The van der Waals surface area contributed by atoms with Crippen molar-refractivity contribution in [3.05, 3.63) is 22.2 Å². The van der Waals surface area contributed by atoms with Crippen LogP contribution in [0.15, 0.2) is 16.6 Å². The predicted molar refractivity (Wildman–Crippen MR) is 80.6 cm³/mol. The summed E-state index contributed by atoms with van der Waals surface area (Å²) in [6.45, 7) is 1.64. The number of benzene rings is 1. The number of methoxy groups -OCH3 is 2. The minimum absolute atomic E-state index is 0.157. The highest BCUT2D eigenvalue weighted by Gasteiger charge is 2.20. The zero-order chi connectivity index (χ0) is 14.5. The highest BCUT2D eigenvalue weighted by atomic mass is 79.9. The fourth-order valence-corrected chi connectivity index (χ4v) is 2.78. The summed E-state index contributed by atoms with van der Waals surface area (Å²) >= 11 is 3.37.